The van der Waals surface area contributed by atoms with Crippen LogP contribution in [0.4, 0.5) is 0 Å². The second-order valence-corrected chi connectivity index (χ2v) is 7.56. The number of amides is 1. The van der Waals surface area contributed by atoms with Crippen molar-refractivity contribution in [1.29, 1.82) is 0 Å². The fourth-order valence-corrected chi connectivity index (χ4v) is 3.64. The summed E-state index contributed by atoms with van der Waals surface area (Å²) in [6.45, 7) is 10.6. The van der Waals surface area contributed by atoms with Crippen LogP contribution in [0.3, 0.4) is 0 Å². The monoisotopic (exact) mass is 402 g/mol. The number of carbonyl (C=O) groups is 1. The van der Waals surface area contributed by atoms with Crippen LogP contribution in [0.2, 0.25) is 0 Å². The van der Waals surface area contributed by atoms with Gasteiger partial charge in [-0.2, -0.15) is 0 Å². The summed E-state index contributed by atoms with van der Waals surface area (Å²) >= 11 is 0. The molecule has 29 heavy (non-hydrogen) atoms. The number of benzene rings is 1. The van der Waals surface area contributed by atoms with Crippen LogP contribution in [0.5, 0.6) is 0 Å². The average Bonchev–Trinajstić information content (AvgIpc) is 2.75. The summed E-state index contributed by atoms with van der Waals surface area (Å²) in [6, 6.07) is 10.5. The molecule has 0 saturated carbocycles. The summed E-state index contributed by atoms with van der Waals surface area (Å²) in [5, 5.41) is 6.84. The van der Waals surface area contributed by atoms with E-state index < -0.39 is 0 Å². The van der Waals surface area contributed by atoms with Crippen molar-refractivity contribution in [3.05, 3.63) is 35.9 Å². The van der Waals surface area contributed by atoms with E-state index in [4.69, 9.17) is 4.74 Å². The quantitative estimate of drug-likeness (QED) is 0.358. The number of hydrogen-bond donors (Lipinski definition) is 2. The highest BCUT2D eigenvalue weighted by molar-refractivity contribution is 5.80. The van der Waals surface area contributed by atoms with E-state index in [1.807, 2.05) is 23.1 Å². The van der Waals surface area contributed by atoms with Gasteiger partial charge in [-0.3, -0.25) is 9.79 Å². The zero-order valence-corrected chi connectivity index (χ0v) is 18.3. The lowest BCUT2D eigenvalue weighted by molar-refractivity contribution is -0.136. The molecule has 0 spiro atoms. The van der Waals surface area contributed by atoms with Gasteiger partial charge in [-0.05, 0) is 38.2 Å². The van der Waals surface area contributed by atoms with Gasteiger partial charge in [-0.15, -0.1) is 0 Å². The van der Waals surface area contributed by atoms with E-state index in [9.17, 15) is 4.79 Å². The minimum absolute atomic E-state index is 0.175. The van der Waals surface area contributed by atoms with Crippen LogP contribution in [0.1, 0.15) is 52.0 Å². The van der Waals surface area contributed by atoms with Crippen molar-refractivity contribution in [3.63, 3.8) is 0 Å². The van der Waals surface area contributed by atoms with E-state index in [2.05, 4.69) is 48.5 Å². The molecule has 0 radical (unpaired) electrons. The molecule has 1 aromatic rings. The van der Waals surface area contributed by atoms with Crippen LogP contribution < -0.4 is 10.6 Å². The lowest BCUT2D eigenvalue weighted by Crippen LogP contribution is -2.50. The molecule has 2 rings (SSSR count). The van der Waals surface area contributed by atoms with E-state index in [-0.39, 0.29) is 5.92 Å². The SMILES string of the molecule is CCNC(=NCCOCc1ccccc1)NC1CCN(C(=O)C(CC)CC)CC1. The predicted molar refractivity (Wildman–Crippen MR) is 119 cm³/mol. The van der Waals surface area contributed by atoms with Crippen molar-refractivity contribution in [1.82, 2.24) is 15.5 Å². The number of nitrogens with one attached hydrogen (secondary N) is 2. The molecule has 1 aliphatic rings. The Bertz CT molecular complexity index is 609. The molecule has 1 fully saturated rings. The fourth-order valence-electron chi connectivity index (χ4n) is 3.64. The fraction of sp³-hybridized carbons (Fsp3) is 0.652. The lowest BCUT2D eigenvalue weighted by Gasteiger charge is -2.34. The first-order chi connectivity index (χ1) is 14.2. The molecule has 162 valence electrons. The van der Waals surface area contributed by atoms with Gasteiger partial charge in [0.1, 0.15) is 0 Å². The molecule has 1 saturated heterocycles. The van der Waals surface area contributed by atoms with Crippen LogP contribution in [0.15, 0.2) is 35.3 Å². The molecule has 1 amide bonds. The summed E-state index contributed by atoms with van der Waals surface area (Å²) in [6.07, 6.45) is 3.77. The molecular weight excluding hydrogens is 364 g/mol. The van der Waals surface area contributed by atoms with Crippen molar-refractivity contribution < 1.29 is 9.53 Å². The Balaban J connectivity index is 1.72. The highest BCUT2D eigenvalue weighted by Gasteiger charge is 2.26. The molecule has 0 bridgehead atoms. The van der Waals surface area contributed by atoms with Gasteiger partial charge in [0.05, 0.1) is 19.8 Å². The number of likely N-dealkylation sites (tertiary alicyclic amines) is 1. The average molecular weight is 403 g/mol. The molecule has 0 atom stereocenters. The van der Waals surface area contributed by atoms with Crippen LogP contribution in [-0.4, -0.2) is 55.6 Å². The standard InChI is InChI=1S/C23H38N4O2/c1-4-20(5-2)22(28)27-15-12-21(13-16-27)26-23(24-6-3)25-14-17-29-18-19-10-8-7-9-11-19/h7-11,20-21H,4-6,12-18H2,1-3H3,(H2,24,25,26). The molecule has 0 aliphatic carbocycles. The van der Waals surface area contributed by atoms with E-state index >= 15 is 0 Å². The van der Waals surface area contributed by atoms with Gasteiger partial charge < -0.3 is 20.3 Å². The summed E-state index contributed by atoms with van der Waals surface area (Å²) in [4.78, 5) is 19.2. The van der Waals surface area contributed by atoms with Crippen LogP contribution in [0, 0.1) is 5.92 Å². The number of aliphatic imine (C=N–C) groups is 1. The molecule has 6 heteroatoms. The van der Waals surface area contributed by atoms with Gasteiger partial charge in [0, 0.05) is 31.6 Å². The van der Waals surface area contributed by atoms with E-state index in [1.165, 1.54) is 5.56 Å². The van der Waals surface area contributed by atoms with Gasteiger partial charge in [0.2, 0.25) is 5.91 Å². The van der Waals surface area contributed by atoms with Crippen LogP contribution in [0.25, 0.3) is 0 Å². The van der Waals surface area contributed by atoms with Crippen molar-refractivity contribution in [2.75, 3.05) is 32.8 Å². The van der Waals surface area contributed by atoms with Crippen molar-refractivity contribution in [2.24, 2.45) is 10.9 Å². The maximum Gasteiger partial charge on any atom is 0.225 e. The number of ether oxygens (including phenoxy) is 1. The Morgan fingerprint density at radius 3 is 2.48 bits per heavy atom. The molecule has 1 aliphatic heterocycles. The number of guanidine groups is 1. The molecule has 0 unspecified atom stereocenters. The highest BCUT2D eigenvalue weighted by Crippen LogP contribution is 2.17. The van der Waals surface area contributed by atoms with Gasteiger partial charge in [-0.25, -0.2) is 0 Å². The predicted octanol–water partition coefficient (Wildman–Crippen LogP) is 3.19. The second-order valence-electron chi connectivity index (χ2n) is 7.56. The third-order valence-corrected chi connectivity index (χ3v) is 5.44. The van der Waals surface area contributed by atoms with Crippen molar-refractivity contribution in [3.8, 4) is 0 Å². The first kappa shape index (κ1) is 23.2. The third-order valence-electron chi connectivity index (χ3n) is 5.44. The smallest absolute Gasteiger partial charge is 0.225 e. The zero-order valence-electron chi connectivity index (χ0n) is 18.3. The second kappa shape index (κ2) is 13.2. The minimum Gasteiger partial charge on any atom is -0.375 e. The molecule has 0 aromatic heterocycles. The van der Waals surface area contributed by atoms with Gasteiger partial charge in [0.25, 0.3) is 0 Å². The van der Waals surface area contributed by atoms with Crippen molar-refractivity contribution >= 4 is 11.9 Å². The van der Waals surface area contributed by atoms with Gasteiger partial charge in [-0.1, -0.05) is 44.2 Å². The lowest BCUT2D eigenvalue weighted by atomic mass is 9.98. The Labute approximate surface area is 176 Å². The first-order valence-corrected chi connectivity index (χ1v) is 11.1. The minimum atomic E-state index is 0.175. The molecule has 1 aromatic carbocycles. The summed E-state index contributed by atoms with van der Waals surface area (Å²) in [5.74, 6) is 1.33. The zero-order chi connectivity index (χ0) is 20.9. The third kappa shape index (κ3) is 8.05. The van der Waals surface area contributed by atoms with E-state index in [1.54, 1.807) is 0 Å². The Kier molecular flexibility index (Phi) is 10.6. The van der Waals surface area contributed by atoms with E-state index in [0.717, 1.165) is 51.3 Å². The van der Waals surface area contributed by atoms with E-state index in [0.29, 0.717) is 31.7 Å². The maximum atomic E-state index is 12.6. The summed E-state index contributed by atoms with van der Waals surface area (Å²) < 4.78 is 5.72. The van der Waals surface area contributed by atoms with Crippen LogP contribution in [-0.2, 0) is 16.1 Å². The molecule has 2 N–H and O–H groups in total. The summed E-state index contributed by atoms with van der Waals surface area (Å²) in [5.41, 5.74) is 1.18. The normalized spacial score (nSPS) is 15.6. The number of nitrogens with zero attached hydrogens (tertiary/aromatic N) is 2. The molecule has 1 heterocycles. The number of piperidine rings is 1. The highest BCUT2D eigenvalue weighted by atomic mass is 16.5. The maximum absolute atomic E-state index is 12.6. The number of carbonyl (C=O) groups excluding carboxylic acids is 1. The number of rotatable bonds is 10. The summed E-state index contributed by atoms with van der Waals surface area (Å²) in [7, 11) is 0. The topological polar surface area (TPSA) is 66.0 Å². The van der Waals surface area contributed by atoms with Gasteiger partial charge >= 0.3 is 0 Å². The Morgan fingerprint density at radius 2 is 1.86 bits per heavy atom. The number of hydrogen-bond acceptors (Lipinski definition) is 3. The first-order valence-electron chi connectivity index (χ1n) is 11.1. The molecular formula is C23H38N4O2. The largest absolute Gasteiger partial charge is 0.375 e. The van der Waals surface area contributed by atoms with Crippen molar-refractivity contribution in [2.45, 2.75) is 59.1 Å². The van der Waals surface area contributed by atoms with Crippen LogP contribution >= 0.6 is 0 Å². The van der Waals surface area contributed by atoms with Gasteiger partial charge in [0.15, 0.2) is 5.96 Å². The molecule has 6 nitrogen and oxygen atoms in total. The Morgan fingerprint density at radius 1 is 1.17 bits per heavy atom. The Hall–Kier alpha value is -2.08.